The number of nitrogens with zero attached hydrogens (tertiary/aromatic N) is 1. The molecule has 0 aromatic heterocycles. The van der Waals surface area contributed by atoms with Crippen molar-refractivity contribution in [3.05, 3.63) is 82.4 Å². The van der Waals surface area contributed by atoms with Crippen LogP contribution in [0.4, 0.5) is 0 Å². The van der Waals surface area contributed by atoms with E-state index >= 15 is 0 Å². The van der Waals surface area contributed by atoms with E-state index in [1.807, 2.05) is 24.3 Å². The molecule has 0 saturated carbocycles. The van der Waals surface area contributed by atoms with Crippen LogP contribution in [0, 0.1) is 11.3 Å². The highest BCUT2D eigenvalue weighted by Crippen LogP contribution is 2.61. The van der Waals surface area contributed by atoms with Gasteiger partial charge in [0.05, 0.1) is 6.61 Å². The molecule has 0 bridgehead atoms. The maximum absolute atomic E-state index is 6.70. The molecule has 2 aliphatic heterocycles. The van der Waals surface area contributed by atoms with Gasteiger partial charge in [0, 0.05) is 33.5 Å². The highest BCUT2D eigenvalue weighted by Gasteiger charge is 2.62. The second kappa shape index (κ2) is 8.56. The van der Waals surface area contributed by atoms with Crippen molar-refractivity contribution >= 4 is 23.2 Å². The summed E-state index contributed by atoms with van der Waals surface area (Å²) >= 11 is 12.7. The van der Waals surface area contributed by atoms with Gasteiger partial charge in [0.15, 0.2) is 0 Å². The number of allylic oxidation sites excluding steroid dienone is 1. The molecule has 2 saturated heterocycles. The molecule has 0 aliphatic carbocycles. The highest BCUT2D eigenvalue weighted by atomic mass is 35.5. The first kappa shape index (κ1) is 22.9. The molecule has 2 unspecified atom stereocenters. The van der Waals surface area contributed by atoms with Crippen LogP contribution in [0.2, 0.25) is 10.0 Å². The predicted molar refractivity (Wildman–Crippen MR) is 131 cm³/mol. The van der Waals surface area contributed by atoms with Crippen molar-refractivity contribution in [2.45, 2.75) is 64.3 Å². The third-order valence-corrected chi connectivity index (χ3v) is 8.20. The van der Waals surface area contributed by atoms with Gasteiger partial charge in [-0.05, 0) is 61.1 Å². The van der Waals surface area contributed by atoms with Crippen molar-refractivity contribution in [2.24, 2.45) is 11.3 Å². The molecule has 31 heavy (non-hydrogen) atoms. The van der Waals surface area contributed by atoms with E-state index in [1.165, 1.54) is 11.1 Å². The highest BCUT2D eigenvalue weighted by molar-refractivity contribution is 6.30. The number of ether oxygens (including phenoxy) is 1. The molecule has 2 aromatic carbocycles. The summed E-state index contributed by atoms with van der Waals surface area (Å²) in [5.74, 6) is 0.753. The van der Waals surface area contributed by atoms with Gasteiger partial charge in [0.25, 0.3) is 0 Å². The Balaban J connectivity index is 1.93. The van der Waals surface area contributed by atoms with Gasteiger partial charge in [-0.3, -0.25) is 4.90 Å². The predicted octanol–water partition coefficient (Wildman–Crippen LogP) is 7.88. The van der Waals surface area contributed by atoms with Crippen LogP contribution in [0.3, 0.4) is 0 Å². The molecule has 0 amide bonds. The molecule has 0 radical (unpaired) electrons. The lowest BCUT2D eigenvalue weighted by Gasteiger charge is -2.59. The van der Waals surface area contributed by atoms with Crippen LogP contribution in [0.15, 0.2) is 61.2 Å². The second-order valence-electron chi connectivity index (χ2n) is 9.93. The van der Waals surface area contributed by atoms with Gasteiger partial charge in [-0.1, -0.05) is 74.3 Å². The summed E-state index contributed by atoms with van der Waals surface area (Å²) < 4.78 is 6.70. The van der Waals surface area contributed by atoms with E-state index in [-0.39, 0.29) is 23.1 Å². The molecular weight excluding hydrogens is 425 g/mol. The molecule has 5 atom stereocenters. The Labute approximate surface area is 197 Å². The Hall–Kier alpha value is -1.32. The fourth-order valence-electron chi connectivity index (χ4n) is 5.85. The second-order valence-corrected chi connectivity index (χ2v) is 10.8. The van der Waals surface area contributed by atoms with Gasteiger partial charge in [-0.15, -0.1) is 6.58 Å². The first-order valence-corrected chi connectivity index (χ1v) is 12.0. The molecule has 4 rings (SSSR count). The Morgan fingerprint density at radius 2 is 1.81 bits per heavy atom. The standard InChI is InChI=1S/C27H33Cl2NO/c1-6-14-26(4)16-23(20-8-7-9-22(29)15-20)25(19-10-12-21(28)13-11-19)30-24(18(2)3)17-31-27(26,30)5/h6-13,15,18,23-25H,1,14,16-17H2,2-5H3/t23-,24?,25-,26+,27?/m1/s1. The summed E-state index contributed by atoms with van der Waals surface area (Å²) in [5, 5.41) is 1.54. The topological polar surface area (TPSA) is 12.5 Å². The van der Waals surface area contributed by atoms with E-state index in [0.29, 0.717) is 12.0 Å². The van der Waals surface area contributed by atoms with Crippen molar-refractivity contribution in [1.29, 1.82) is 0 Å². The van der Waals surface area contributed by atoms with Crippen LogP contribution >= 0.6 is 23.2 Å². The molecule has 2 nitrogen and oxygen atoms in total. The summed E-state index contributed by atoms with van der Waals surface area (Å²) in [4.78, 5) is 2.67. The number of rotatable bonds is 5. The van der Waals surface area contributed by atoms with Crippen molar-refractivity contribution in [1.82, 2.24) is 4.90 Å². The Morgan fingerprint density at radius 1 is 1.10 bits per heavy atom. The lowest BCUT2D eigenvalue weighted by atomic mass is 9.62. The van der Waals surface area contributed by atoms with Gasteiger partial charge in [0.1, 0.15) is 5.72 Å². The van der Waals surface area contributed by atoms with Crippen LogP contribution in [-0.4, -0.2) is 23.3 Å². The number of halogens is 2. The molecule has 2 fully saturated rings. The normalized spacial score (nSPS) is 33.5. The van der Waals surface area contributed by atoms with Crippen molar-refractivity contribution in [3.8, 4) is 0 Å². The average molecular weight is 458 g/mol. The molecular formula is C27H33Cl2NO. The first-order chi connectivity index (χ1) is 14.7. The minimum absolute atomic E-state index is 0.0751. The number of hydrogen-bond donors (Lipinski definition) is 0. The fraction of sp³-hybridized carbons (Fsp3) is 0.481. The minimum atomic E-state index is -0.379. The van der Waals surface area contributed by atoms with Crippen molar-refractivity contribution in [3.63, 3.8) is 0 Å². The Kier molecular flexibility index (Phi) is 6.31. The lowest BCUT2D eigenvalue weighted by Crippen LogP contribution is -2.63. The summed E-state index contributed by atoms with van der Waals surface area (Å²) in [6.45, 7) is 14.1. The SMILES string of the molecule is C=CC[C@@]1(C)C[C@H](c2cccc(Cl)c2)[C@@H](c2ccc(Cl)cc2)N2C(C(C)C)COC21C. The van der Waals surface area contributed by atoms with E-state index in [4.69, 9.17) is 27.9 Å². The maximum atomic E-state index is 6.70. The molecule has 0 N–H and O–H groups in total. The van der Waals surface area contributed by atoms with Crippen LogP contribution in [0.1, 0.15) is 63.6 Å². The van der Waals surface area contributed by atoms with E-state index in [9.17, 15) is 0 Å². The van der Waals surface area contributed by atoms with Crippen molar-refractivity contribution in [2.75, 3.05) is 6.61 Å². The van der Waals surface area contributed by atoms with Gasteiger partial charge in [0.2, 0.25) is 0 Å². The zero-order valence-electron chi connectivity index (χ0n) is 18.9. The zero-order valence-corrected chi connectivity index (χ0v) is 20.5. The van der Waals surface area contributed by atoms with Crippen molar-refractivity contribution < 1.29 is 4.74 Å². The third-order valence-electron chi connectivity index (χ3n) is 7.71. The number of hydrogen-bond acceptors (Lipinski definition) is 2. The number of piperidine rings is 1. The molecule has 4 heteroatoms. The maximum Gasteiger partial charge on any atom is 0.125 e. The van der Waals surface area contributed by atoms with Crippen LogP contribution in [-0.2, 0) is 4.74 Å². The summed E-state index contributed by atoms with van der Waals surface area (Å²) in [5.41, 5.74) is 2.10. The van der Waals surface area contributed by atoms with E-state index in [1.54, 1.807) is 0 Å². The third kappa shape index (κ3) is 3.86. The van der Waals surface area contributed by atoms with Crippen LogP contribution in [0.25, 0.3) is 0 Å². The lowest BCUT2D eigenvalue weighted by molar-refractivity contribution is -0.206. The van der Waals surface area contributed by atoms with E-state index in [0.717, 1.165) is 29.5 Å². The zero-order chi connectivity index (χ0) is 22.4. The summed E-state index contributed by atoms with van der Waals surface area (Å²) in [6, 6.07) is 17.2. The number of fused-ring (bicyclic) bond motifs is 1. The Bertz CT molecular complexity index is 943. The number of benzene rings is 2. The molecule has 2 aliphatic rings. The quantitative estimate of drug-likeness (QED) is 0.423. The summed E-state index contributed by atoms with van der Waals surface area (Å²) in [7, 11) is 0. The van der Waals surface area contributed by atoms with Crippen LogP contribution in [0.5, 0.6) is 0 Å². The summed E-state index contributed by atoms with van der Waals surface area (Å²) in [6.07, 6.45) is 3.94. The first-order valence-electron chi connectivity index (χ1n) is 11.2. The van der Waals surface area contributed by atoms with Gasteiger partial charge >= 0.3 is 0 Å². The van der Waals surface area contributed by atoms with E-state index < -0.39 is 0 Å². The van der Waals surface area contributed by atoms with Gasteiger partial charge in [-0.25, -0.2) is 0 Å². The largest absolute Gasteiger partial charge is 0.358 e. The minimum Gasteiger partial charge on any atom is -0.358 e. The van der Waals surface area contributed by atoms with E-state index in [2.05, 4.69) is 69.5 Å². The smallest absolute Gasteiger partial charge is 0.125 e. The molecule has 166 valence electrons. The average Bonchev–Trinajstić information content (AvgIpc) is 3.09. The molecule has 2 heterocycles. The molecule has 0 spiro atoms. The fourth-order valence-corrected chi connectivity index (χ4v) is 6.18. The van der Waals surface area contributed by atoms with Crippen LogP contribution < -0.4 is 0 Å². The van der Waals surface area contributed by atoms with Gasteiger partial charge in [-0.2, -0.15) is 0 Å². The molecule has 2 aromatic rings. The van der Waals surface area contributed by atoms with Gasteiger partial charge < -0.3 is 4.74 Å². The Morgan fingerprint density at radius 3 is 2.42 bits per heavy atom. The monoisotopic (exact) mass is 457 g/mol.